The number of phenolic OH excluding ortho intramolecular Hbond substituents is 1. The Hall–Kier alpha value is -4.94. The number of likely N-dealkylation sites (N-methyl/N-ethyl adjacent to an activating group) is 1. The number of aliphatic hydroxyl groups excluding tert-OH is 1. The number of tetrazole rings is 1. The molecule has 0 saturated heterocycles. The van der Waals surface area contributed by atoms with E-state index in [1.54, 1.807) is 25.1 Å². The van der Waals surface area contributed by atoms with E-state index in [9.17, 15) is 9.90 Å². The Morgan fingerprint density at radius 1 is 0.976 bits per heavy atom. The number of rotatable bonds is 7. The molecule has 42 heavy (non-hydrogen) atoms. The van der Waals surface area contributed by atoms with Crippen molar-refractivity contribution in [1.82, 2.24) is 20.6 Å². The van der Waals surface area contributed by atoms with Crippen molar-refractivity contribution in [2.75, 3.05) is 44.7 Å². The van der Waals surface area contributed by atoms with Crippen LogP contribution in [0.1, 0.15) is 18.1 Å². The normalized spacial score (nSPS) is 14.1. The van der Waals surface area contributed by atoms with Crippen molar-refractivity contribution in [3.8, 4) is 28.3 Å². The topological polar surface area (TPSA) is 152 Å². The maximum Gasteiger partial charge on any atom is 0.301 e. The minimum absolute atomic E-state index is 0.00394. The molecule has 0 spiro atoms. The Labute approximate surface area is 244 Å². The molecule has 1 amide bonds. The first kappa shape index (κ1) is 30.0. The number of H-pyrrole nitrogens is 1. The number of aromatic nitrogens is 4. The highest BCUT2D eigenvalue weighted by molar-refractivity contribution is 6.71. The molecule has 2 heterocycles. The van der Waals surface area contributed by atoms with Gasteiger partial charge in [0.2, 0.25) is 0 Å². The molecule has 0 unspecified atom stereocenters. The molecule has 0 saturated carbocycles. The Morgan fingerprint density at radius 2 is 1.71 bits per heavy atom. The first-order chi connectivity index (χ1) is 20.0. The Bertz CT molecular complexity index is 1620. The molecular formula is C30H36N9O3+. The van der Waals surface area contributed by atoms with Crippen molar-refractivity contribution < 1.29 is 19.5 Å². The molecule has 0 radical (unpaired) electrons. The number of nitrogens with zero attached hydrogens (tertiary/aromatic N) is 7. The van der Waals surface area contributed by atoms with Crippen LogP contribution in [0.3, 0.4) is 0 Å². The predicted molar refractivity (Wildman–Crippen MR) is 164 cm³/mol. The second-order valence-electron chi connectivity index (χ2n) is 10.9. The summed E-state index contributed by atoms with van der Waals surface area (Å²) in [5.41, 5.74) is 8.84. The number of aromatic hydroxyl groups is 1. The lowest BCUT2D eigenvalue weighted by Gasteiger charge is -2.21. The maximum atomic E-state index is 13.0. The van der Waals surface area contributed by atoms with Gasteiger partial charge >= 0.3 is 5.91 Å². The van der Waals surface area contributed by atoms with E-state index in [1.165, 1.54) is 5.01 Å². The minimum atomic E-state index is -0.345. The van der Waals surface area contributed by atoms with Gasteiger partial charge in [-0.05, 0) is 72.2 Å². The zero-order chi connectivity index (χ0) is 30.4. The number of aryl methyl sites for hydroxylation is 2. The summed E-state index contributed by atoms with van der Waals surface area (Å²) in [5, 5.41) is 43.2. The van der Waals surface area contributed by atoms with Gasteiger partial charge in [0.15, 0.2) is 11.5 Å². The highest BCUT2D eigenvalue weighted by Gasteiger charge is 2.31. The Kier molecular flexibility index (Phi) is 9.09. The Balaban J connectivity index is 0.000000517. The van der Waals surface area contributed by atoms with Crippen molar-refractivity contribution in [1.29, 1.82) is 0 Å². The standard InChI is InChI=1S/C25H22N8O2.C5H14NO/c1-14-10-11-19(12-15(14)2)33-25(35)22(16(3)30-33)27-26-21-9-5-8-20(23(21)34)17-6-4-7-18(13-17)24-28-31-32-29-24;1-6(2,3)4-5-7/h4-13,26,34H,1-3H3,(H,28,29,31,32);7H,4-5H2,1-3H3/q;+1/b27-22+;. The van der Waals surface area contributed by atoms with Crippen LogP contribution in [0.5, 0.6) is 5.75 Å². The van der Waals surface area contributed by atoms with Crippen molar-refractivity contribution in [3.05, 3.63) is 71.8 Å². The van der Waals surface area contributed by atoms with Crippen molar-refractivity contribution in [2.45, 2.75) is 20.8 Å². The van der Waals surface area contributed by atoms with E-state index >= 15 is 0 Å². The van der Waals surface area contributed by atoms with Gasteiger partial charge in [-0.3, -0.25) is 10.2 Å². The van der Waals surface area contributed by atoms with Crippen LogP contribution in [0.4, 0.5) is 11.4 Å². The molecule has 1 aliphatic rings. The Morgan fingerprint density at radius 3 is 2.36 bits per heavy atom. The number of nitrogens with one attached hydrogen (secondary N) is 2. The van der Waals surface area contributed by atoms with E-state index < -0.39 is 0 Å². The van der Waals surface area contributed by atoms with E-state index in [0.717, 1.165) is 33.3 Å². The summed E-state index contributed by atoms with van der Waals surface area (Å²) in [5.74, 6) is 0.174. The smallest absolute Gasteiger partial charge is 0.301 e. The lowest BCUT2D eigenvalue weighted by atomic mass is 10.0. The number of hydrogen-bond acceptors (Lipinski definition) is 9. The molecule has 0 fully saturated rings. The van der Waals surface area contributed by atoms with Crippen LogP contribution in [-0.4, -0.2) is 86.9 Å². The van der Waals surface area contributed by atoms with Crippen LogP contribution in [0.15, 0.2) is 70.9 Å². The summed E-state index contributed by atoms with van der Waals surface area (Å²) in [4.78, 5) is 13.0. The number of para-hydroxylation sites is 1. The van der Waals surface area contributed by atoms with Gasteiger partial charge in [0, 0.05) is 11.1 Å². The number of hydrogen-bond donors (Lipinski definition) is 4. The fraction of sp³-hybridized carbons (Fsp3) is 0.267. The second-order valence-corrected chi connectivity index (χ2v) is 10.9. The SMILES string of the molecule is CC1=NN(c2ccc(C)c(C)c2)C(=O)/C1=N/Nc1cccc(-c2cccc(-c3nnn[nH]3)c2)c1O.C[N+](C)(C)CCO. The number of phenols is 1. The number of carbonyl (C=O) groups excluding carboxylic acids is 1. The highest BCUT2D eigenvalue weighted by Crippen LogP contribution is 2.36. The molecule has 1 aromatic heterocycles. The number of hydrazone groups is 2. The minimum Gasteiger partial charge on any atom is -0.505 e. The molecular weight excluding hydrogens is 534 g/mol. The first-order valence-corrected chi connectivity index (χ1v) is 13.4. The number of quaternary nitrogens is 1. The third kappa shape index (κ3) is 7.03. The highest BCUT2D eigenvalue weighted by atomic mass is 16.3. The van der Waals surface area contributed by atoms with E-state index in [1.807, 2.05) is 56.3 Å². The zero-order valence-electron chi connectivity index (χ0n) is 24.6. The number of carbonyl (C=O) groups is 1. The van der Waals surface area contributed by atoms with Gasteiger partial charge in [-0.15, -0.1) is 5.10 Å². The largest absolute Gasteiger partial charge is 0.505 e. The van der Waals surface area contributed by atoms with Gasteiger partial charge in [-0.25, -0.2) is 5.10 Å². The average molecular weight is 571 g/mol. The van der Waals surface area contributed by atoms with Gasteiger partial charge in [0.1, 0.15) is 12.3 Å². The van der Waals surface area contributed by atoms with Crippen molar-refractivity contribution in [3.63, 3.8) is 0 Å². The van der Waals surface area contributed by atoms with Gasteiger partial charge in [-0.1, -0.05) is 36.4 Å². The third-order valence-electron chi connectivity index (χ3n) is 6.61. The number of aromatic amines is 1. The third-order valence-corrected chi connectivity index (χ3v) is 6.61. The molecule has 12 nitrogen and oxygen atoms in total. The van der Waals surface area contributed by atoms with Crippen LogP contribution in [0, 0.1) is 13.8 Å². The van der Waals surface area contributed by atoms with Crippen LogP contribution in [-0.2, 0) is 4.79 Å². The molecule has 0 atom stereocenters. The molecule has 12 heteroatoms. The van der Waals surface area contributed by atoms with Crippen LogP contribution >= 0.6 is 0 Å². The molecule has 4 aromatic rings. The lowest BCUT2D eigenvalue weighted by Crippen LogP contribution is -2.36. The summed E-state index contributed by atoms with van der Waals surface area (Å²) in [7, 11) is 6.16. The average Bonchev–Trinajstić information content (AvgIpc) is 3.58. The quantitative estimate of drug-likeness (QED) is 0.150. The van der Waals surface area contributed by atoms with Crippen LogP contribution in [0.2, 0.25) is 0 Å². The van der Waals surface area contributed by atoms with E-state index in [4.69, 9.17) is 5.11 Å². The second kappa shape index (κ2) is 12.7. The number of aliphatic hydroxyl groups is 1. The van der Waals surface area contributed by atoms with E-state index in [2.05, 4.69) is 57.4 Å². The van der Waals surface area contributed by atoms with E-state index in [-0.39, 0.29) is 24.0 Å². The van der Waals surface area contributed by atoms with Gasteiger partial charge < -0.3 is 14.7 Å². The zero-order valence-corrected chi connectivity index (χ0v) is 24.6. The van der Waals surface area contributed by atoms with Crippen molar-refractivity contribution >= 4 is 28.7 Å². The molecule has 4 N–H and O–H groups in total. The van der Waals surface area contributed by atoms with Gasteiger partial charge in [-0.2, -0.15) is 15.2 Å². The molecule has 0 bridgehead atoms. The van der Waals surface area contributed by atoms with Crippen molar-refractivity contribution in [2.24, 2.45) is 10.2 Å². The fourth-order valence-corrected chi connectivity index (χ4v) is 4.06. The molecule has 0 aliphatic carbocycles. The summed E-state index contributed by atoms with van der Waals surface area (Å²) in [6.07, 6.45) is 0. The summed E-state index contributed by atoms with van der Waals surface area (Å²) in [6, 6.07) is 18.4. The summed E-state index contributed by atoms with van der Waals surface area (Å²) < 4.78 is 0.844. The monoisotopic (exact) mass is 570 g/mol. The lowest BCUT2D eigenvalue weighted by molar-refractivity contribution is -0.870. The number of anilines is 2. The van der Waals surface area contributed by atoms with Gasteiger partial charge in [0.25, 0.3) is 0 Å². The first-order valence-electron chi connectivity index (χ1n) is 13.4. The number of benzene rings is 3. The van der Waals surface area contributed by atoms with Gasteiger partial charge in [0.05, 0.1) is 44.8 Å². The summed E-state index contributed by atoms with van der Waals surface area (Å²) in [6.45, 7) is 6.84. The van der Waals surface area contributed by atoms with Crippen LogP contribution in [0.25, 0.3) is 22.5 Å². The molecule has 1 aliphatic heterocycles. The molecule has 5 rings (SSSR count). The maximum absolute atomic E-state index is 13.0. The fourth-order valence-electron chi connectivity index (χ4n) is 4.06. The van der Waals surface area contributed by atoms with Crippen LogP contribution < -0.4 is 10.4 Å². The molecule has 3 aromatic carbocycles. The molecule has 218 valence electrons. The predicted octanol–water partition coefficient (Wildman–Crippen LogP) is 3.73. The number of amides is 1. The summed E-state index contributed by atoms with van der Waals surface area (Å²) >= 11 is 0. The van der Waals surface area contributed by atoms with E-state index in [0.29, 0.717) is 28.5 Å².